The van der Waals surface area contributed by atoms with Gasteiger partial charge in [-0.1, -0.05) is 42.9 Å². The highest BCUT2D eigenvalue weighted by atomic mass is 32.2. The molecule has 0 aliphatic rings. The molecule has 0 radical (unpaired) electrons. The number of nitrogens with zero attached hydrogens (tertiary/aromatic N) is 2. The molecule has 2 rings (SSSR count). The fourth-order valence-electron chi connectivity index (χ4n) is 1.80. The number of nitrogens with one attached hydrogen (secondary N) is 1. The van der Waals surface area contributed by atoms with Crippen LogP contribution in [0.5, 0.6) is 0 Å². The molecule has 6 nitrogen and oxygen atoms in total. The van der Waals surface area contributed by atoms with Gasteiger partial charge in [0.05, 0.1) is 10.9 Å². The number of nitrogen functional groups attached to an aromatic ring is 1. The van der Waals surface area contributed by atoms with Crippen molar-refractivity contribution in [2.45, 2.75) is 31.7 Å². The lowest BCUT2D eigenvalue weighted by Crippen LogP contribution is -2.31. The summed E-state index contributed by atoms with van der Waals surface area (Å²) in [6, 6.07) is 6.25. The van der Waals surface area contributed by atoms with Crippen molar-refractivity contribution in [1.29, 1.82) is 0 Å². The molecule has 21 heavy (non-hydrogen) atoms. The van der Waals surface area contributed by atoms with Crippen molar-refractivity contribution in [3.8, 4) is 0 Å². The molecule has 0 saturated heterocycles. The lowest BCUT2D eigenvalue weighted by Gasteiger charge is -2.19. The lowest BCUT2D eigenvalue weighted by atomic mass is 10.1. The Hall–Kier alpha value is -1.51. The molecule has 1 aromatic heterocycles. The van der Waals surface area contributed by atoms with Crippen molar-refractivity contribution >= 4 is 26.5 Å². The maximum atomic E-state index is 12.5. The van der Waals surface area contributed by atoms with Crippen LogP contribution in [-0.4, -0.2) is 18.6 Å². The van der Waals surface area contributed by atoms with E-state index >= 15 is 0 Å². The molecule has 0 spiro atoms. The Morgan fingerprint density at radius 3 is 2.29 bits per heavy atom. The first-order valence-corrected chi connectivity index (χ1v) is 8.77. The van der Waals surface area contributed by atoms with Gasteiger partial charge in [-0.25, -0.2) is 13.1 Å². The highest BCUT2D eigenvalue weighted by molar-refractivity contribution is 7.89. The monoisotopic (exact) mass is 326 g/mol. The molecule has 0 fully saturated rings. The number of aryl methyl sites for hydroxylation is 1. The summed E-state index contributed by atoms with van der Waals surface area (Å²) in [6.07, 6.45) is 0. The fraction of sp³-hybridized carbons (Fsp3) is 0.385. The molecule has 1 unspecified atom stereocenters. The Labute approximate surface area is 128 Å². The van der Waals surface area contributed by atoms with E-state index in [4.69, 9.17) is 5.73 Å². The first-order chi connectivity index (χ1) is 9.79. The number of nitrogens with two attached hydrogens (primary N) is 1. The van der Waals surface area contributed by atoms with Gasteiger partial charge in [-0.2, -0.15) is 0 Å². The van der Waals surface area contributed by atoms with Crippen LogP contribution in [-0.2, 0) is 10.0 Å². The largest absolute Gasteiger partial charge is 0.374 e. The summed E-state index contributed by atoms with van der Waals surface area (Å²) in [4.78, 5) is 0.233. The highest BCUT2D eigenvalue weighted by Gasteiger charge is 2.26. The van der Waals surface area contributed by atoms with Crippen LogP contribution in [0.15, 0.2) is 29.2 Å². The average molecular weight is 326 g/mol. The van der Waals surface area contributed by atoms with Gasteiger partial charge in [0.2, 0.25) is 15.2 Å². The summed E-state index contributed by atoms with van der Waals surface area (Å²) in [6.45, 7) is 5.74. The maximum absolute atomic E-state index is 12.5. The predicted octanol–water partition coefficient (Wildman–Crippen LogP) is 2.10. The summed E-state index contributed by atoms with van der Waals surface area (Å²) in [5.74, 6) is 0.0255. The number of benzene rings is 1. The Morgan fingerprint density at radius 2 is 1.81 bits per heavy atom. The molecular weight excluding hydrogens is 308 g/mol. The summed E-state index contributed by atoms with van der Waals surface area (Å²) >= 11 is 1.19. The minimum atomic E-state index is -3.61. The second kappa shape index (κ2) is 6.08. The van der Waals surface area contributed by atoms with E-state index in [0.717, 1.165) is 5.56 Å². The van der Waals surface area contributed by atoms with Crippen LogP contribution in [0.2, 0.25) is 0 Å². The van der Waals surface area contributed by atoms with Crippen molar-refractivity contribution in [3.63, 3.8) is 0 Å². The van der Waals surface area contributed by atoms with Crippen LogP contribution in [0.1, 0.15) is 30.5 Å². The van der Waals surface area contributed by atoms with Gasteiger partial charge >= 0.3 is 0 Å². The molecule has 1 aromatic carbocycles. The van der Waals surface area contributed by atoms with E-state index in [0.29, 0.717) is 10.1 Å². The van der Waals surface area contributed by atoms with Gasteiger partial charge in [-0.05, 0) is 25.0 Å². The quantitative estimate of drug-likeness (QED) is 0.877. The molecule has 0 bridgehead atoms. The SMILES string of the molecule is Cc1ccc(S(=O)(=O)NC(c2nnc(N)s2)C(C)C)cc1. The smallest absolute Gasteiger partial charge is 0.241 e. The number of sulfonamides is 1. The fourth-order valence-corrected chi connectivity index (χ4v) is 4.06. The first kappa shape index (κ1) is 15.9. The molecule has 2 aromatic rings. The summed E-state index contributed by atoms with van der Waals surface area (Å²) in [7, 11) is -3.61. The van der Waals surface area contributed by atoms with Crippen molar-refractivity contribution in [3.05, 3.63) is 34.8 Å². The molecule has 0 aliphatic heterocycles. The third-order valence-corrected chi connectivity index (χ3v) is 5.29. The van der Waals surface area contributed by atoms with E-state index in [2.05, 4.69) is 14.9 Å². The lowest BCUT2D eigenvalue weighted by molar-refractivity contribution is 0.459. The summed E-state index contributed by atoms with van der Waals surface area (Å²) < 4.78 is 27.6. The minimum Gasteiger partial charge on any atom is -0.374 e. The average Bonchev–Trinajstić information content (AvgIpc) is 2.82. The Bertz CT molecular complexity index is 708. The zero-order chi connectivity index (χ0) is 15.6. The molecule has 0 amide bonds. The van der Waals surface area contributed by atoms with Gasteiger partial charge in [0, 0.05) is 0 Å². The van der Waals surface area contributed by atoms with Crippen LogP contribution < -0.4 is 10.5 Å². The van der Waals surface area contributed by atoms with Gasteiger partial charge < -0.3 is 5.73 Å². The Morgan fingerprint density at radius 1 is 1.19 bits per heavy atom. The van der Waals surface area contributed by atoms with Crippen molar-refractivity contribution in [2.24, 2.45) is 5.92 Å². The molecule has 1 atom stereocenters. The van der Waals surface area contributed by atoms with Crippen molar-refractivity contribution < 1.29 is 8.42 Å². The van der Waals surface area contributed by atoms with E-state index in [1.165, 1.54) is 11.3 Å². The molecule has 0 saturated carbocycles. The van der Waals surface area contributed by atoms with Gasteiger partial charge in [0.25, 0.3) is 0 Å². The van der Waals surface area contributed by atoms with Crippen LogP contribution in [0.4, 0.5) is 5.13 Å². The zero-order valence-corrected chi connectivity index (χ0v) is 13.7. The normalized spacial score (nSPS) is 13.5. The minimum absolute atomic E-state index is 0.0255. The van der Waals surface area contributed by atoms with Gasteiger partial charge in [-0.3, -0.25) is 0 Å². The van der Waals surface area contributed by atoms with Gasteiger partial charge in [0.15, 0.2) is 0 Å². The van der Waals surface area contributed by atoms with Crippen molar-refractivity contribution in [2.75, 3.05) is 5.73 Å². The van der Waals surface area contributed by atoms with E-state index in [9.17, 15) is 8.42 Å². The number of anilines is 1. The molecule has 1 heterocycles. The van der Waals surface area contributed by atoms with Crippen LogP contribution in [0.3, 0.4) is 0 Å². The number of aromatic nitrogens is 2. The molecular formula is C13H18N4O2S2. The van der Waals surface area contributed by atoms with E-state index in [1.807, 2.05) is 20.8 Å². The van der Waals surface area contributed by atoms with Gasteiger partial charge in [-0.15, -0.1) is 10.2 Å². The van der Waals surface area contributed by atoms with E-state index < -0.39 is 16.1 Å². The topological polar surface area (TPSA) is 98.0 Å². The molecule has 0 aliphatic carbocycles. The third-order valence-electron chi connectivity index (χ3n) is 3.00. The van der Waals surface area contributed by atoms with E-state index in [-0.39, 0.29) is 10.8 Å². The number of hydrogen-bond donors (Lipinski definition) is 2. The van der Waals surface area contributed by atoms with E-state index in [1.54, 1.807) is 24.3 Å². The summed E-state index contributed by atoms with van der Waals surface area (Å²) in [5.41, 5.74) is 6.58. The van der Waals surface area contributed by atoms with Crippen molar-refractivity contribution in [1.82, 2.24) is 14.9 Å². The first-order valence-electron chi connectivity index (χ1n) is 6.47. The van der Waals surface area contributed by atoms with Crippen LogP contribution >= 0.6 is 11.3 Å². The van der Waals surface area contributed by atoms with Gasteiger partial charge in [0.1, 0.15) is 5.01 Å². The number of rotatable bonds is 5. The maximum Gasteiger partial charge on any atom is 0.241 e. The Kier molecular flexibility index (Phi) is 4.60. The number of hydrogen-bond acceptors (Lipinski definition) is 6. The molecule has 3 N–H and O–H groups in total. The molecule has 8 heteroatoms. The highest BCUT2D eigenvalue weighted by Crippen LogP contribution is 2.27. The second-order valence-electron chi connectivity index (χ2n) is 5.13. The van der Waals surface area contributed by atoms with Crippen LogP contribution in [0, 0.1) is 12.8 Å². The zero-order valence-electron chi connectivity index (χ0n) is 12.1. The second-order valence-corrected chi connectivity index (χ2v) is 7.89. The standard InChI is InChI=1S/C13H18N4O2S2/c1-8(2)11(12-15-16-13(14)20-12)17-21(18,19)10-6-4-9(3)5-7-10/h4-8,11,17H,1-3H3,(H2,14,16). The third kappa shape index (κ3) is 3.78. The predicted molar refractivity (Wildman–Crippen MR) is 83.4 cm³/mol. The molecule has 114 valence electrons. The summed E-state index contributed by atoms with van der Waals surface area (Å²) in [5, 5.41) is 8.58. The Balaban J connectivity index is 2.30. The van der Waals surface area contributed by atoms with Crippen LogP contribution in [0.25, 0.3) is 0 Å².